The monoisotopic (exact) mass is 474 g/mol. The molecule has 0 bridgehead atoms. The van der Waals surface area contributed by atoms with Crippen LogP contribution in [0.3, 0.4) is 0 Å². The van der Waals surface area contributed by atoms with Gasteiger partial charge < -0.3 is 13.9 Å². The highest BCUT2D eigenvalue weighted by Gasteiger charge is 2.32. The fourth-order valence-corrected chi connectivity index (χ4v) is 5.21. The van der Waals surface area contributed by atoms with Gasteiger partial charge in [-0.1, -0.05) is 5.10 Å². The summed E-state index contributed by atoms with van der Waals surface area (Å²) in [5.74, 6) is 0.161. The SMILES string of the molecule is O=C(Nc1nnc(-c2ccc3c(c2)OCO3)o1)C1CCN(S(=O)(=O)c2ccc(F)cc2)CC1. The maximum absolute atomic E-state index is 13.1. The van der Waals surface area contributed by atoms with E-state index >= 15 is 0 Å². The topological polar surface area (TPSA) is 124 Å². The average Bonchev–Trinajstić information content (AvgIpc) is 3.48. The number of nitrogens with zero attached hydrogens (tertiary/aromatic N) is 3. The van der Waals surface area contributed by atoms with Crippen LogP contribution in [0.15, 0.2) is 51.8 Å². The second kappa shape index (κ2) is 8.45. The molecular weight excluding hydrogens is 455 g/mol. The quantitative estimate of drug-likeness (QED) is 0.599. The Hall–Kier alpha value is -3.51. The Bertz CT molecular complexity index is 1290. The zero-order valence-electron chi connectivity index (χ0n) is 17.2. The first kappa shape index (κ1) is 21.3. The van der Waals surface area contributed by atoms with E-state index in [4.69, 9.17) is 13.9 Å². The molecule has 172 valence electrons. The predicted molar refractivity (Wildman–Crippen MR) is 112 cm³/mol. The molecule has 1 N–H and O–H groups in total. The van der Waals surface area contributed by atoms with E-state index in [1.165, 1.54) is 16.4 Å². The van der Waals surface area contributed by atoms with E-state index in [0.717, 1.165) is 12.1 Å². The summed E-state index contributed by atoms with van der Waals surface area (Å²) in [6.45, 7) is 0.488. The molecule has 1 fully saturated rings. The number of sulfonamides is 1. The summed E-state index contributed by atoms with van der Waals surface area (Å²) < 4.78 is 56.0. The highest BCUT2D eigenvalue weighted by Crippen LogP contribution is 2.35. The van der Waals surface area contributed by atoms with Crippen LogP contribution in [0, 0.1) is 11.7 Å². The van der Waals surface area contributed by atoms with Crippen molar-refractivity contribution in [3.05, 3.63) is 48.3 Å². The summed E-state index contributed by atoms with van der Waals surface area (Å²) in [6.07, 6.45) is 0.658. The molecular formula is C21H19FN4O6S. The van der Waals surface area contributed by atoms with Crippen LogP contribution in [0.1, 0.15) is 12.8 Å². The largest absolute Gasteiger partial charge is 0.454 e. The van der Waals surface area contributed by atoms with Crippen molar-refractivity contribution in [1.29, 1.82) is 0 Å². The van der Waals surface area contributed by atoms with Gasteiger partial charge in [0.25, 0.3) is 0 Å². The number of hydrogen-bond acceptors (Lipinski definition) is 8. The van der Waals surface area contributed by atoms with Crippen molar-refractivity contribution in [2.45, 2.75) is 17.7 Å². The molecule has 1 aromatic heterocycles. The summed E-state index contributed by atoms with van der Waals surface area (Å²) in [6, 6.07) is 9.81. The number of amides is 1. The van der Waals surface area contributed by atoms with Gasteiger partial charge >= 0.3 is 6.01 Å². The molecule has 0 radical (unpaired) electrons. The van der Waals surface area contributed by atoms with E-state index in [-0.39, 0.29) is 42.6 Å². The molecule has 5 rings (SSSR count). The van der Waals surface area contributed by atoms with Crippen LogP contribution >= 0.6 is 0 Å². The van der Waals surface area contributed by atoms with E-state index in [1.807, 2.05) is 0 Å². The molecule has 0 aliphatic carbocycles. The minimum absolute atomic E-state index is 0.0220. The van der Waals surface area contributed by atoms with Gasteiger partial charge in [-0.25, -0.2) is 12.8 Å². The predicted octanol–water partition coefficient (Wildman–Crippen LogP) is 2.64. The molecule has 1 amide bonds. The molecule has 2 aliphatic rings. The van der Waals surface area contributed by atoms with Crippen molar-refractivity contribution in [1.82, 2.24) is 14.5 Å². The zero-order valence-corrected chi connectivity index (χ0v) is 18.0. The third kappa shape index (κ3) is 4.26. The minimum atomic E-state index is -3.74. The highest BCUT2D eigenvalue weighted by atomic mass is 32.2. The summed E-state index contributed by atoms with van der Waals surface area (Å²) in [5.41, 5.74) is 0.617. The molecule has 12 heteroatoms. The molecule has 2 aromatic carbocycles. The van der Waals surface area contributed by atoms with Gasteiger partial charge in [0.05, 0.1) is 4.90 Å². The second-order valence-electron chi connectivity index (χ2n) is 7.60. The van der Waals surface area contributed by atoms with Crippen molar-refractivity contribution in [3.8, 4) is 23.0 Å². The smallest absolute Gasteiger partial charge is 0.322 e. The summed E-state index contributed by atoms with van der Waals surface area (Å²) in [5, 5.41) is 10.4. The summed E-state index contributed by atoms with van der Waals surface area (Å²) in [4.78, 5) is 12.7. The van der Waals surface area contributed by atoms with Gasteiger partial charge in [-0.05, 0) is 55.3 Å². The van der Waals surface area contributed by atoms with Crippen molar-refractivity contribution in [3.63, 3.8) is 0 Å². The fourth-order valence-electron chi connectivity index (χ4n) is 3.74. The molecule has 2 aliphatic heterocycles. The third-order valence-corrected chi connectivity index (χ3v) is 7.46. The number of halogens is 1. The van der Waals surface area contributed by atoms with Crippen LogP contribution in [0.25, 0.3) is 11.5 Å². The molecule has 0 unspecified atom stereocenters. The van der Waals surface area contributed by atoms with Gasteiger partial charge in [0.2, 0.25) is 28.6 Å². The maximum atomic E-state index is 13.1. The number of ether oxygens (including phenoxy) is 2. The lowest BCUT2D eigenvalue weighted by atomic mass is 9.97. The Kier molecular flexibility index (Phi) is 5.46. The summed E-state index contributed by atoms with van der Waals surface area (Å²) >= 11 is 0. The van der Waals surface area contributed by atoms with Crippen LogP contribution in [-0.2, 0) is 14.8 Å². The summed E-state index contributed by atoms with van der Waals surface area (Å²) in [7, 11) is -3.74. The average molecular weight is 474 g/mol. The lowest BCUT2D eigenvalue weighted by Crippen LogP contribution is -2.41. The van der Waals surface area contributed by atoms with Crippen LogP contribution in [0.2, 0.25) is 0 Å². The third-order valence-electron chi connectivity index (χ3n) is 5.55. The van der Waals surface area contributed by atoms with Crippen molar-refractivity contribution in [2.24, 2.45) is 5.92 Å². The molecule has 0 saturated carbocycles. The van der Waals surface area contributed by atoms with Gasteiger partial charge in [-0.2, -0.15) is 4.31 Å². The number of carbonyl (C=O) groups is 1. The lowest BCUT2D eigenvalue weighted by molar-refractivity contribution is -0.121. The Morgan fingerprint density at radius 2 is 1.76 bits per heavy atom. The Labute approximate surface area is 188 Å². The highest BCUT2D eigenvalue weighted by molar-refractivity contribution is 7.89. The first-order valence-corrected chi connectivity index (χ1v) is 11.6. The van der Waals surface area contributed by atoms with E-state index in [2.05, 4.69) is 15.5 Å². The van der Waals surface area contributed by atoms with Crippen LogP contribution in [0.5, 0.6) is 11.5 Å². The molecule has 0 atom stereocenters. The number of carbonyl (C=O) groups excluding carboxylic acids is 1. The molecule has 1 saturated heterocycles. The first-order valence-electron chi connectivity index (χ1n) is 10.2. The number of benzene rings is 2. The van der Waals surface area contributed by atoms with Gasteiger partial charge in [0, 0.05) is 24.6 Å². The Morgan fingerprint density at radius 1 is 1.03 bits per heavy atom. The minimum Gasteiger partial charge on any atom is -0.454 e. The Morgan fingerprint density at radius 3 is 2.52 bits per heavy atom. The number of rotatable bonds is 5. The molecule has 10 nitrogen and oxygen atoms in total. The molecule has 33 heavy (non-hydrogen) atoms. The van der Waals surface area contributed by atoms with E-state index in [1.54, 1.807) is 18.2 Å². The standard InChI is InChI=1S/C21H19FN4O6S/c22-15-2-4-16(5-3-15)33(28,29)26-9-7-13(8-10-26)19(27)23-21-25-24-20(32-21)14-1-6-17-18(11-14)31-12-30-17/h1-6,11,13H,7-10,12H2,(H,23,25,27). The van der Waals surface area contributed by atoms with Crippen LogP contribution in [0.4, 0.5) is 10.4 Å². The normalized spacial score (nSPS) is 16.6. The number of piperidine rings is 1. The van der Waals surface area contributed by atoms with Crippen molar-refractivity contribution >= 4 is 21.9 Å². The maximum Gasteiger partial charge on any atom is 0.322 e. The fraction of sp³-hybridized carbons (Fsp3) is 0.286. The first-order chi connectivity index (χ1) is 15.9. The van der Waals surface area contributed by atoms with E-state index < -0.39 is 21.8 Å². The molecule has 0 spiro atoms. The van der Waals surface area contributed by atoms with Crippen LogP contribution in [-0.4, -0.2) is 48.7 Å². The van der Waals surface area contributed by atoms with Gasteiger partial charge in [0.1, 0.15) is 5.82 Å². The van der Waals surface area contributed by atoms with Gasteiger partial charge in [0.15, 0.2) is 11.5 Å². The number of nitrogens with one attached hydrogen (secondary N) is 1. The Balaban J connectivity index is 1.19. The van der Waals surface area contributed by atoms with Gasteiger partial charge in [-0.15, -0.1) is 5.10 Å². The number of aromatic nitrogens is 2. The van der Waals surface area contributed by atoms with E-state index in [0.29, 0.717) is 29.9 Å². The number of fused-ring (bicyclic) bond motifs is 1. The van der Waals surface area contributed by atoms with Gasteiger partial charge in [-0.3, -0.25) is 10.1 Å². The molecule has 3 heterocycles. The molecule has 3 aromatic rings. The van der Waals surface area contributed by atoms with E-state index in [9.17, 15) is 17.6 Å². The zero-order chi connectivity index (χ0) is 23.0. The second-order valence-corrected chi connectivity index (χ2v) is 9.54. The lowest BCUT2D eigenvalue weighted by Gasteiger charge is -2.30. The van der Waals surface area contributed by atoms with Crippen LogP contribution < -0.4 is 14.8 Å². The van der Waals surface area contributed by atoms with Crippen molar-refractivity contribution < 1.29 is 31.5 Å². The van der Waals surface area contributed by atoms with Crippen molar-refractivity contribution in [2.75, 3.05) is 25.2 Å². The number of anilines is 1. The number of hydrogen-bond donors (Lipinski definition) is 1.